The number of carbonyl (C=O) groups is 6. The van der Waals surface area contributed by atoms with Crippen LogP contribution in [0.3, 0.4) is 0 Å². The summed E-state index contributed by atoms with van der Waals surface area (Å²) in [6.45, 7) is 0. The fourth-order valence-corrected chi connectivity index (χ4v) is 1.21. The van der Waals surface area contributed by atoms with Gasteiger partial charge in [0.15, 0.2) is 0 Å². The Hall–Kier alpha value is -2.53. The molecule has 196 valence electrons. The molecular weight excluding hydrogens is 548 g/mol. The molecule has 0 aliphatic rings. The summed E-state index contributed by atoms with van der Waals surface area (Å²) in [5.74, 6) is -6.59. The molecule has 0 rings (SSSR count). The average Bonchev–Trinajstić information content (AvgIpc) is 2.77. The number of nitrogens with two attached hydrogens (primary N) is 3. The van der Waals surface area contributed by atoms with Gasteiger partial charge in [-0.1, -0.05) is 0 Å². The molecule has 0 radical (unpaired) electrons. The van der Waals surface area contributed by atoms with Crippen molar-refractivity contribution in [2.24, 2.45) is 17.2 Å². The predicted molar refractivity (Wildman–Crippen MR) is 98.8 cm³/mol. The molecule has 12 N–H and O–H groups in total. The van der Waals surface area contributed by atoms with Crippen molar-refractivity contribution in [2.45, 2.75) is 56.7 Å². The third-order valence-electron chi connectivity index (χ3n) is 2.96. The molecule has 0 saturated carbocycles. The molecule has 0 fully saturated rings. The summed E-state index contributed by atoms with van der Waals surface area (Å²) in [5.41, 5.74) is 15.0. The van der Waals surface area contributed by atoms with Gasteiger partial charge in [0.25, 0.3) is 0 Å². The summed E-state index contributed by atoms with van der Waals surface area (Å²) in [6.07, 6.45) is -0.672. The summed E-state index contributed by atoms with van der Waals surface area (Å²) >= 11 is 2.12. The summed E-state index contributed by atoms with van der Waals surface area (Å²) in [6, 6.07) is -3.18. The van der Waals surface area contributed by atoms with E-state index in [4.69, 9.17) is 55.2 Å². The van der Waals surface area contributed by atoms with Gasteiger partial charge in [-0.15, -0.1) is 0 Å². The zero-order chi connectivity index (χ0) is 28.4. The van der Waals surface area contributed by atoms with Gasteiger partial charge in [0.2, 0.25) is 0 Å². The normalized spacial score (nSPS) is 11.2. The van der Waals surface area contributed by atoms with Crippen LogP contribution >= 0.6 is 0 Å². The van der Waals surface area contributed by atoms with E-state index in [1.807, 2.05) is 0 Å². The molecule has 19 heteroatoms. The van der Waals surface area contributed by atoms with E-state index in [0.29, 0.717) is 0 Å². The van der Waals surface area contributed by atoms with Crippen LogP contribution in [0, 0.1) is 0 Å². The Morgan fingerprint density at radius 3 is 0.706 bits per heavy atom. The molecule has 17 nitrogen and oxygen atoms in total. The predicted octanol–water partition coefficient (Wildman–Crippen LogP) is -2.45. The Labute approximate surface area is 211 Å². The van der Waals surface area contributed by atoms with Gasteiger partial charge in [-0.3, -0.25) is 28.8 Å². The first kappa shape index (κ1) is 41.7. The average molecular weight is 575 g/mol. The Balaban J connectivity index is -0.000000115. The van der Waals surface area contributed by atoms with Crippen LogP contribution in [0.4, 0.5) is 0 Å². The Bertz CT molecular complexity index is 555. The van der Waals surface area contributed by atoms with Gasteiger partial charge in [0, 0.05) is 19.3 Å². The van der Waals surface area contributed by atoms with E-state index in [0.717, 1.165) is 34.7 Å². The van der Waals surface area contributed by atoms with Crippen LogP contribution in [0.1, 0.15) is 38.5 Å². The van der Waals surface area contributed by atoms with Crippen LogP contribution in [-0.2, 0) is 70.9 Å². The molecule has 0 bridgehead atoms. The van der Waals surface area contributed by atoms with E-state index in [9.17, 15) is 28.8 Å². The van der Waals surface area contributed by atoms with E-state index in [2.05, 4.69) is 0 Å². The minimum atomic E-state index is -1.17. The number of rotatable bonds is 12. The van der Waals surface area contributed by atoms with Gasteiger partial charge in [0.05, 0.1) is 0 Å². The first-order chi connectivity index (χ1) is 15.6. The molecule has 0 aromatic carbocycles. The van der Waals surface area contributed by atoms with Crippen molar-refractivity contribution in [3.8, 4) is 0 Å². The van der Waals surface area contributed by atoms with Gasteiger partial charge in [-0.05, 0) is 19.3 Å². The second-order valence-electron chi connectivity index (χ2n) is 5.63. The Kier molecular flexibility index (Phi) is 35.0. The summed E-state index contributed by atoms with van der Waals surface area (Å²) in [5, 5.41) is 48.8. The number of aliphatic carboxylic acids is 6. The van der Waals surface area contributed by atoms with Crippen LogP contribution < -0.4 is 17.2 Å². The Morgan fingerprint density at radius 1 is 0.471 bits per heavy atom. The second kappa shape index (κ2) is 28.5. The fraction of sp³-hybridized carbons (Fsp3) is 0.600. The van der Waals surface area contributed by atoms with Crippen LogP contribution in [0.25, 0.3) is 0 Å². The van der Waals surface area contributed by atoms with Gasteiger partial charge in [0.1, 0.15) is 18.1 Å². The molecular formula is C15H27N3O14V2. The van der Waals surface area contributed by atoms with Crippen LogP contribution in [0.5, 0.6) is 0 Å². The van der Waals surface area contributed by atoms with Crippen LogP contribution in [-0.4, -0.2) is 84.6 Å². The first-order valence-corrected chi connectivity index (χ1v) is 9.72. The van der Waals surface area contributed by atoms with Gasteiger partial charge in [-0.2, -0.15) is 0 Å². The zero-order valence-electron chi connectivity index (χ0n) is 17.6. The molecule has 0 aromatic rings. The minimum absolute atomic E-state index is 0.0231. The monoisotopic (exact) mass is 575 g/mol. The van der Waals surface area contributed by atoms with Crippen molar-refractivity contribution in [3.63, 3.8) is 0 Å². The number of carboxylic acids is 6. The van der Waals surface area contributed by atoms with E-state index in [1.165, 1.54) is 0 Å². The van der Waals surface area contributed by atoms with Crippen molar-refractivity contribution >= 4 is 35.8 Å². The van der Waals surface area contributed by atoms with Crippen LogP contribution in [0.15, 0.2) is 0 Å². The SMILES string of the molecule is N[C@@H](CCC(=O)O)C(=O)O.N[C@@H](CCC(=O)O)C(=O)O.N[C@H](CCC(=O)O)C(=O)O.[O]=[V].[O]=[V]. The van der Waals surface area contributed by atoms with Gasteiger partial charge >= 0.3 is 77.9 Å². The van der Waals surface area contributed by atoms with E-state index < -0.39 is 53.9 Å². The number of hydrogen-bond donors (Lipinski definition) is 9. The molecule has 0 amide bonds. The van der Waals surface area contributed by atoms with Crippen LogP contribution in [0.2, 0.25) is 0 Å². The van der Waals surface area contributed by atoms with Crippen molar-refractivity contribution in [3.05, 3.63) is 0 Å². The standard InChI is InChI=1S/3C5H9NO4.2O.2V/c3*6-3(5(9)10)1-2-4(7)8;;;;/h3*3H,1-2,6H2,(H,7,8)(H,9,10);;;;/t3*3-;;;;/m100..../s1. The van der Waals surface area contributed by atoms with Gasteiger partial charge < -0.3 is 47.8 Å². The second-order valence-corrected chi connectivity index (χ2v) is 5.63. The van der Waals surface area contributed by atoms with E-state index in [-0.39, 0.29) is 38.5 Å². The zero-order valence-corrected chi connectivity index (χ0v) is 20.3. The Morgan fingerprint density at radius 2 is 0.618 bits per heavy atom. The fourth-order valence-electron chi connectivity index (χ4n) is 1.21. The van der Waals surface area contributed by atoms with Crippen molar-refractivity contribution < 1.29 is 101 Å². The van der Waals surface area contributed by atoms with E-state index >= 15 is 0 Å². The van der Waals surface area contributed by atoms with Crippen molar-refractivity contribution in [2.75, 3.05) is 0 Å². The quantitative estimate of drug-likeness (QED) is 0.116. The molecule has 0 aliphatic carbocycles. The third kappa shape index (κ3) is 39.9. The third-order valence-corrected chi connectivity index (χ3v) is 2.96. The molecule has 34 heavy (non-hydrogen) atoms. The summed E-state index contributed by atoms with van der Waals surface area (Å²) < 4.78 is 16.4. The first-order valence-electron chi connectivity index (χ1n) is 8.58. The summed E-state index contributed by atoms with van der Waals surface area (Å²) in [4.78, 5) is 59.6. The molecule has 0 aromatic heterocycles. The molecule has 0 unspecified atom stereocenters. The molecule has 0 heterocycles. The van der Waals surface area contributed by atoms with Crippen molar-refractivity contribution in [1.82, 2.24) is 0 Å². The number of hydrogen-bond acceptors (Lipinski definition) is 11. The molecule has 0 saturated heterocycles. The molecule has 0 aliphatic heterocycles. The molecule has 3 atom stereocenters. The molecule has 0 spiro atoms. The maximum atomic E-state index is 9.99. The summed E-state index contributed by atoms with van der Waals surface area (Å²) in [7, 11) is 0. The number of carboxylic acid groups (broad SMARTS) is 6. The van der Waals surface area contributed by atoms with E-state index in [1.54, 1.807) is 0 Å². The van der Waals surface area contributed by atoms with Gasteiger partial charge in [-0.25, -0.2) is 0 Å². The van der Waals surface area contributed by atoms with Crippen molar-refractivity contribution in [1.29, 1.82) is 0 Å². The maximum absolute atomic E-state index is 9.99. The topological polar surface area (TPSA) is 336 Å².